The molecule has 15 heavy (non-hydrogen) atoms. The van der Waals surface area contributed by atoms with Crippen LogP contribution in [0.25, 0.3) is 0 Å². The van der Waals surface area contributed by atoms with Crippen LogP contribution in [0.4, 0.5) is 0 Å². The van der Waals surface area contributed by atoms with E-state index in [4.69, 9.17) is 0 Å². The second-order valence-electron chi connectivity index (χ2n) is 4.23. The maximum Gasteiger partial charge on any atom is 0.0240 e. The van der Waals surface area contributed by atoms with E-state index in [-0.39, 0.29) is 0 Å². The van der Waals surface area contributed by atoms with Crippen molar-refractivity contribution in [2.75, 3.05) is 11.9 Å². The van der Waals surface area contributed by atoms with Gasteiger partial charge in [0.15, 0.2) is 0 Å². The Morgan fingerprint density at radius 2 is 1.67 bits per heavy atom. The summed E-state index contributed by atoms with van der Waals surface area (Å²) in [5, 5.41) is 1.15. The summed E-state index contributed by atoms with van der Waals surface area (Å²) in [4.78, 5) is 2.55. The van der Waals surface area contributed by atoms with Crippen LogP contribution in [-0.4, -0.2) is 16.8 Å². The largest absolute Gasteiger partial charge is 0.295 e. The molecule has 82 valence electrons. The van der Waals surface area contributed by atoms with Crippen molar-refractivity contribution in [3.63, 3.8) is 0 Å². The zero-order chi connectivity index (χ0) is 10.5. The highest BCUT2D eigenvalue weighted by atomic mass is 79.9. The van der Waals surface area contributed by atoms with E-state index in [2.05, 4.69) is 45.1 Å². The number of benzene rings is 1. The molecular weight excluding hydrogens is 250 g/mol. The lowest BCUT2D eigenvalue weighted by atomic mass is 10.1. The van der Waals surface area contributed by atoms with Crippen molar-refractivity contribution >= 4 is 15.9 Å². The van der Waals surface area contributed by atoms with Crippen LogP contribution in [0.5, 0.6) is 0 Å². The number of hydrogen-bond acceptors (Lipinski definition) is 1. The van der Waals surface area contributed by atoms with E-state index in [9.17, 15) is 0 Å². The Balaban J connectivity index is 1.76. The van der Waals surface area contributed by atoms with Gasteiger partial charge in [0.25, 0.3) is 0 Å². The Hall–Kier alpha value is -0.340. The predicted molar refractivity (Wildman–Crippen MR) is 68.2 cm³/mol. The Labute approximate surface area is 101 Å². The molecule has 1 aromatic carbocycles. The van der Waals surface area contributed by atoms with Crippen molar-refractivity contribution in [2.24, 2.45) is 0 Å². The van der Waals surface area contributed by atoms with Gasteiger partial charge in [-0.25, -0.2) is 0 Å². The fourth-order valence-corrected chi connectivity index (χ4v) is 2.56. The van der Waals surface area contributed by atoms with Crippen LogP contribution in [0.3, 0.4) is 0 Å². The number of unbranched alkanes of at least 4 members (excludes halogenated alkanes) is 2. The fraction of sp³-hybridized carbons (Fsp3) is 0.538. The highest BCUT2D eigenvalue weighted by Gasteiger charge is 2.16. The van der Waals surface area contributed by atoms with Crippen LogP contribution >= 0.6 is 15.9 Å². The third-order valence-electron chi connectivity index (χ3n) is 3.01. The summed E-state index contributed by atoms with van der Waals surface area (Å²) in [7, 11) is 0. The topological polar surface area (TPSA) is 3.24 Å². The van der Waals surface area contributed by atoms with Gasteiger partial charge in [0.05, 0.1) is 0 Å². The van der Waals surface area contributed by atoms with Gasteiger partial charge in [-0.3, -0.25) is 4.90 Å². The van der Waals surface area contributed by atoms with E-state index in [0.717, 1.165) is 18.4 Å². The Morgan fingerprint density at radius 1 is 1.00 bits per heavy atom. The van der Waals surface area contributed by atoms with Crippen molar-refractivity contribution in [1.82, 2.24) is 4.90 Å². The van der Waals surface area contributed by atoms with Crippen LogP contribution in [-0.2, 0) is 13.1 Å². The minimum Gasteiger partial charge on any atom is -0.295 e. The number of fused-ring (bicyclic) bond motifs is 1. The molecule has 0 fully saturated rings. The molecule has 2 rings (SSSR count). The first-order chi connectivity index (χ1) is 7.40. The zero-order valence-corrected chi connectivity index (χ0v) is 10.7. The minimum atomic E-state index is 1.15. The van der Waals surface area contributed by atoms with Gasteiger partial charge in [0.2, 0.25) is 0 Å². The molecule has 0 aromatic heterocycles. The summed E-state index contributed by atoms with van der Waals surface area (Å²) in [6, 6.07) is 8.81. The Morgan fingerprint density at radius 3 is 2.27 bits per heavy atom. The van der Waals surface area contributed by atoms with Crippen molar-refractivity contribution in [3.05, 3.63) is 35.4 Å². The fourth-order valence-electron chi connectivity index (χ4n) is 2.17. The van der Waals surface area contributed by atoms with Crippen LogP contribution in [0, 0.1) is 0 Å². The maximum absolute atomic E-state index is 3.47. The Kier molecular flexibility index (Phi) is 4.21. The molecule has 0 radical (unpaired) electrons. The van der Waals surface area contributed by atoms with Gasteiger partial charge in [-0.15, -0.1) is 0 Å². The molecule has 0 bridgehead atoms. The van der Waals surface area contributed by atoms with Gasteiger partial charge in [-0.1, -0.05) is 46.6 Å². The van der Waals surface area contributed by atoms with Crippen LogP contribution in [0.2, 0.25) is 0 Å². The van der Waals surface area contributed by atoms with Crippen molar-refractivity contribution in [3.8, 4) is 0 Å². The van der Waals surface area contributed by atoms with E-state index in [1.807, 2.05) is 0 Å². The minimum absolute atomic E-state index is 1.15. The Bertz CT molecular complexity index is 286. The molecule has 0 unspecified atom stereocenters. The van der Waals surface area contributed by atoms with Crippen molar-refractivity contribution < 1.29 is 0 Å². The van der Waals surface area contributed by atoms with Gasteiger partial charge in [-0.05, 0) is 30.5 Å². The van der Waals surface area contributed by atoms with Gasteiger partial charge in [0, 0.05) is 18.4 Å². The maximum atomic E-state index is 3.47. The average Bonchev–Trinajstić information content (AvgIpc) is 2.67. The highest BCUT2D eigenvalue weighted by molar-refractivity contribution is 9.09. The lowest BCUT2D eigenvalue weighted by molar-refractivity contribution is 0.277. The summed E-state index contributed by atoms with van der Waals surface area (Å²) in [6.45, 7) is 3.57. The SMILES string of the molecule is BrCCCCCN1Cc2ccccc2C1. The highest BCUT2D eigenvalue weighted by Crippen LogP contribution is 2.22. The quantitative estimate of drug-likeness (QED) is 0.583. The number of hydrogen-bond donors (Lipinski definition) is 0. The van der Waals surface area contributed by atoms with Gasteiger partial charge in [-0.2, -0.15) is 0 Å². The second-order valence-corrected chi connectivity index (χ2v) is 5.02. The standard InChI is InChI=1S/C13H18BrN/c14-8-4-1-5-9-15-10-12-6-2-3-7-13(12)11-15/h2-3,6-7H,1,4-5,8-11H2. The van der Waals surface area contributed by atoms with Crippen molar-refractivity contribution in [2.45, 2.75) is 32.4 Å². The predicted octanol–water partition coefficient (Wildman–Crippen LogP) is 3.57. The number of halogens is 1. The molecule has 0 atom stereocenters. The number of rotatable bonds is 5. The van der Waals surface area contributed by atoms with Gasteiger partial charge >= 0.3 is 0 Å². The molecule has 1 aromatic rings. The van der Waals surface area contributed by atoms with E-state index in [1.165, 1.54) is 36.9 Å². The molecular formula is C13H18BrN. The number of nitrogens with zero attached hydrogens (tertiary/aromatic N) is 1. The zero-order valence-electron chi connectivity index (χ0n) is 9.08. The first-order valence-electron chi connectivity index (χ1n) is 5.75. The summed E-state index contributed by atoms with van der Waals surface area (Å²) < 4.78 is 0. The molecule has 0 N–H and O–H groups in total. The third-order valence-corrected chi connectivity index (χ3v) is 3.57. The molecule has 0 amide bonds. The third kappa shape index (κ3) is 3.05. The lowest BCUT2D eigenvalue weighted by Crippen LogP contribution is -2.17. The van der Waals surface area contributed by atoms with Crippen LogP contribution < -0.4 is 0 Å². The summed E-state index contributed by atoms with van der Waals surface area (Å²) in [6.07, 6.45) is 3.98. The normalized spacial score (nSPS) is 15.5. The molecule has 2 heteroatoms. The lowest BCUT2D eigenvalue weighted by Gasteiger charge is -2.13. The van der Waals surface area contributed by atoms with Gasteiger partial charge < -0.3 is 0 Å². The molecule has 0 saturated heterocycles. The van der Waals surface area contributed by atoms with E-state index >= 15 is 0 Å². The molecule has 1 aliphatic heterocycles. The van der Waals surface area contributed by atoms with E-state index in [0.29, 0.717) is 0 Å². The first kappa shape index (κ1) is 11.2. The molecule has 1 nitrogen and oxygen atoms in total. The van der Waals surface area contributed by atoms with E-state index < -0.39 is 0 Å². The van der Waals surface area contributed by atoms with Crippen molar-refractivity contribution in [1.29, 1.82) is 0 Å². The summed E-state index contributed by atoms with van der Waals surface area (Å²) in [5.41, 5.74) is 3.05. The summed E-state index contributed by atoms with van der Waals surface area (Å²) in [5.74, 6) is 0. The molecule has 1 heterocycles. The first-order valence-corrected chi connectivity index (χ1v) is 6.87. The molecule has 0 aliphatic carbocycles. The molecule has 0 saturated carbocycles. The second kappa shape index (κ2) is 5.66. The van der Waals surface area contributed by atoms with Gasteiger partial charge in [0.1, 0.15) is 0 Å². The smallest absolute Gasteiger partial charge is 0.0240 e. The monoisotopic (exact) mass is 267 g/mol. The molecule has 1 aliphatic rings. The van der Waals surface area contributed by atoms with E-state index in [1.54, 1.807) is 0 Å². The summed E-state index contributed by atoms with van der Waals surface area (Å²) >= 11 is 3.47. The average molecular weight is 268 g/mol. The van der Waals surface area contributed by atoms with Crippen LogP contribution in [0.15, 0.2) is 24.3 Å². The van der Waals surface area contributed by atoms with Crippen LogP contribution in [0.1, 0.15) is 30.4 Å². The molecule has 0 spiro atoms. The number of alkyl halides is 1.